The molecule has 0 saturated heterocycles. The van der Waals surface area contributed by atoms with E-state index in [1.54, 1.807) is 7.11 Å². The molecule has 0 unspecified atom stereocenters. The van der Waals surface area contributed by atoms with Gasteiger partial charge in [-0.25, -0.2) is 3.11 Å². The topological polar surface area (TPSA) is 12.5 Å². The van der Waals surface area contributed by atoms with Crippen LogP contribution in [0.2, 0.25) is 0 Å². The maximum atomic E-state index is 5.28. The van der Waals surface area contributed by atoms with Gasteiger partial charge in [0.05, 0.1) is 11.6 Å². The molecule has 0 spiro atoms. The van der Waals surface area contributed by atoms with E-state index >= 15 is 0 Å². The van der Waals surface area contributed by atoms with Crippen LogP contribution < -0.4 is 4.74 Å². The second-order valence-corrected chi connectivity index (χ2v) is 5.47. The smallest absolute Gasteiger partial charge is 0.133 e. The van der Waals surface area contributed by atoms with Gasteiger partial charge in [0.25, 0.3) is 0 Å². The van der Waals surface area contributed by atoms with Crippen LogP contribution in [0.15, 0.2) is 16.6 Å². The zero-order valence-corrected chi connectivity index (χ0v) is 11.6. The van der Waals surface area contributed by atoms with Crippen LogP contribution in [0.3, 0.4) is 0 Å². The van der Waals surface area contributed by atoms with Crippen molar-refractivity contribution in [1.82, 2.24) is 3.11 Å². The molecule has 0 aromatic heterocycles. The molecule has 0 saturated carbocycles. The van der Waals surface area contributed by atoms with Gasteiger partial charge in [0.2, 0.25) is 0 Å². The minimum Gasteiger partial charge on any atom is -0.496 e. The molecule has 0 aliphatic carbocycles. The summed E-state index contributed by atoms with van der Waals surface area (Å²) in [5.41, 5.74) is 2.80. The molecule has 0 fully saturated rings. The average Bonchev–Trinajstić information content (AvgIpc) is 2.18. The fourth-order valence-corrected chi connectivity index (χ4v) is 3.07. The molecule has 14 heavy (non-hydrogen) atoms. The summed E-state index contributed by atoms with van der Waals surface area (Å²) in [6, 6.07) is 4.18. The maximum Gasteiger partial charge on any atom is 0.133 e. The first kappa shape index (κ1) is 10.7. The van der Waals surface area contributed by atoms with E-state index in [-0.39, 0.29) is 0 Å². The van der Waals surface area contributed by atoms with Crippen molar-refractivity contribution < 1.29 is 4.74 Å². The van der Waals surface area contributed by atoms with E-state index in [1.165, 1.54) is 11.1 Å². The van der Waals surface area contributed by atoms with Gasteiger partial charge in [0.1, 0.15) is 5.75 Å². The van der Waals surface area contributed by atoms with E-state index in [0.717, 1.165) is 29.7 Å². The van der Waals surface area contributed by atoms with Gasteiger partial charge in [0.15, 0.2) is 0 Å². The average molecular weight is 368 g/mol. The van der Waals surface area contributed by atoms with Crippen LogP contribution >= 0.6 is 38.8 Å². The van der Waals surface area contributed by atoms with Crippen LogP contribution in [0, 0.1) is 0 Å². The van der Waals surface area contributed by atoms with E-state index in [1.807, 2.05) is 6.07 Å². The summed E-state index contributed by atoms with van der Waals surface area (Å²) in [6.45, 7) is 2.14. The third kappa shape index (κ3) is 1.92. The summed E-state index contributed by atoms with van der Waals surface area (Å²) in [6.07, 6.45) is 1.09. The van der Waals surface area contributed by atoms with E-state index in [2.05, 4.69) is 48.0 Å². The molecule has 0 bridgehead atoms. The minimum absolute atomic E-state index is 0.936. The Hall–Kier alpha value is 0.190. The summed E-state index contributed by atoms with van der Waals surface area (Å²) < 4.78 is 8.71. The van der Waals surface area contributed by atoms with Crippen molar-refractivity contribution in [2.75, 3.05) is 13.7 Å². The normalized spacial score (nSPS) is 16.5. The third-order valence-corrected chi connectivity index (χ3v) is 4.16. The fourth-order valence-electron chi connectivity index (χ4n) is 1.71. The van der Waals surface area contributed by atoms with E-state index in [9.17, 15) is 0 Å². The Bertz CT molecular complexity index is 356. The molecular formula is C10H11BrINO. The molecule has 76 valence electrons. The summed E-state index contributed by atoms with van der Waals surface area (Å²) in [5.74, 6) is 0.936. The van der Waals surface area contributed by atoms with E-state index in [4.69, 9.17) is 4.74 Å². The predicted molar refractivity (Wildman–Crippen MR) is 68.8 cm³/mol. The van der Waals surface area contributed by atoms with Crippen molar-refractivity contribution in [2.45, 2.75) is 13.0 Å². The van der Waals surface area contributed by atoms with Crippen molar-refractivity contribution in [1.29, 1.82) is 0 Å². The number of benzene rings is 1. The minimum atomic E-state index is 0.936. The molecule has 0 N–H and O–H groups in total. The molecule has 0 atom stereocenters. The lowest BCUT2D eigenvalue weighted by molar-refractivity contribution is 0.408. The molecule has 0 radical (unpaired) electrons. The monoisotopic (exact) mass is 367 g/mol. The van der Waals surface area contributed by atoms with Gasteiger partial charge in [-0.15, -0.1) is 0 Å². The van der Waals surface area contributed by atoms with Gasteiger partial charge >= 0.3 is 0 Å². The number of fused-ring (bicyclic) bond motifs is 1. The van der Waals surface area contributed by atoms with Crippen LogP contribution in [-0.2, 0) is 13.0 Å². The summed E-state index contributed by atoms with van der Waals surface area (Å²) in [4.78, 5) is 0. The van der Waals surface area contributed by atoms with Crippen LogP contribution in [-0.4, -0.2) is 16.8 Å². The van der Waals surface area contributed by atoms with E-state index in [0.29, 0.717) is 0 Å². The molecular weight excluding hydrogens is 357 g/mol. The molecule has 2 rings (SSSR count). The Morgan fingerprint density at radius 1 is 1.50 bits per heavy atom. The molecule has 4 heteroatoms. The third-order valence-electron chi connectivity index (χ3n) is 2.47. The molecule has 1 aliphatic rings. The fraction of sp³-hybridized carbons (Fsp3) is 0.400. The van der Waals surface area contributed by atoms with Crippen molar-refractivity contribution >= 4 is 38.8 Å². The highest BCUT2D eigenvalue weighted by Gasteiger charge is 2.18. The number of ether oxygens (including phenoxy) is 1. The van der Waals surface area contributed by atoms with Crippen LogP contribution in [0.25, 0.3) is 0 Å². The lowest BCUT2D eigenvalue weighted by Gasteiger charge is -2.24. The van der Waals surface area contributed by atoms with Crippen LogP contribution in [0.5, 0.6) is 5.75 Å². The van der Waals surface area contributed by atoms with Crippen molar-refractivity contribution in [3.8, 4) is 5.75 Å². The highest BCUT2D eigenvalue weighted by molar-refractivity contribution is 14.1. The van der Waals surface area contributed by atoms with Gasteiger partial charge in [-0.2, -0.15) is 0 Å². The number of hydrogen-bond donors (Lipinski definition) is 0. The number of rotatable bonds is 1. The Morgan fingerprint density at radius 2 is 2.29 bits per heavy atom. The predicted octanol–water partition coefficient (Wildman–Crippen LogP) is 3.17. The molecule has 0 amide bonds. The SMILES string of the molecule is COc1ccc2c(c1Br)CCN(I)C2. The number of halogens is 2. The van der Waals surface area contributed by atoms with E-state index < -0.39 is 0 Å². The molecule has 2 nitrogen and oxygen atoms in total. The number of hydrogen-bond acceptors (Lipinski definition) is 2. The Labute approximate surface area is 106 Å². The zero-order valence-electron chi connectivity index (χ0n) is 7.89. The lowest BCUT2D eigenvalue weighted by Crippen LogP contribution is -2.21. The first-order valence-corrected chi connectivity index (χ1v) is 6.23. The summed E-state index contributed by atoms with van der Waals surface area (Å²) in [7, 11) is 1.71. The Kier molecular flexibility index (Phi) is 3.34. The van der Waals surface area contributed by atoms with Gasteiger partial charge in [-0.05, 0) is 39.5 Å². The van der Waals surface area contributed by atoms with Gasteiger partial charge < -0.3 is 4.74 Å². The zero-order chi connectivity index (χ0) is 10.1. The first-order chi connectivity index (χ1) is 6.72. The standard InChI is InChI=1S/C10H11BrINO/c1-14-9-3-2-7-6-13(12)5-4-8(7)10(9)11/h2-3H,4-6H2,1H3. The highest BCUT2D eigenvalue weighted by Crippen LogP contribution is 2.34. The molecule has 1 aliphatic heterocycles. The lowest BCUT2D eigenvalue weighted by atomic mass is 10.0. The first-order valence-electron chi connectivity index (χ1n) is 4.47. The van der Waals surface area contributed by atoms with Crippen molar-refractivity contribution in [3.05, 3.63) is 27.7 Å². The summed E-state index contributed by atoms with van der Waals surface area (Å²) in [5, 5.41) is 0. The molecule has 1 aromatic carbocycles. The maximum absolute atomic E-state index is 5.28. The second kappa shape index (κ2) is 4.37. The molecule has 1 heterocycles. The van der Waals surface area contributed by atoms with Gasteiger partial charge in [0, 0.05) is 36.0 Å². The van der Waals surface area contributed by atoms with Gasteiger partial charge in [-0.3, -0.25) is 0 Å². The second-order valence-electron chi connectivity index (χ2n) is 3.31. The largest absolute Gasteiger partial charge is 0.496 e. The Morgan fingerprint density at radius 3 is 3.00 bits per heavy atom. The number of methoxy groups -OCH3 is 1. The Balaban J connectivity index is 2.43. The number of nitrogens with zero attached hydrogens (tertiary/aromatic N) is 1. The quantitative estimate of drug-likeness (QED) is 0.558. The van der Waals surface area contributed by atoms with Crippen LogP contribution in [0.1, 0.15) is 11.1 Å². The van der Waals surface area contributed by atoms with Crippen molar-refractivity contribution in [3.63, 3.8) is 0 Å². The van der Waals surface area contributed by atoms with Crippen LogP contribution in [0.4, 0.5) is 0 Å². The van der Waals surface area contributed by atoms with Gasteiger partial charge in [-0.1, -0.05) is 6.07 Å². The van der Waals surface area contributed by atoms with Crippen molar-refractivity contribution in [2.24, 2.45) is 0 Å². The molecule has 1 aromatic rings. The summed E-state index contributed by atoms with van der Waals surface area (Å²) >= 11 is 5.97. The highest BCUT2D eigenvalue weighted by atomic mass is 127.